The molecule has 1 N–H and O–H groups in total. The molecule has 0 radical (unpaired) electrons. The van der Waals surface area contributed by atoms with E-state index < -0.39 is 5.97 Å². The van der Waals surface area contributed by atoms with E-state index in [2.05, 4.69) is 12.1 Å². The van der Waals surface area contributed by atoms with Gasteiger partial charge in [-0.25, -0.2) is 4.79 Å². The van der Waals surface area contributed by atoms with E-state index in [1.807, 2.05) is 18.2 Å². The van der Waals surface area contributed by atoms with Crippen molar-refractivity contribution >= 4 is 11.9 Å². The average molecular weight is 353 g/mol. The number of benzene rings is 2. The van der Waals surface area contributed by atoms with Gasteiger partial charge in [0.2, 0.25) is 5.91 Å². The van der Waals surface area contributed by atoms with Crippen LogP contribution in [0.25, 0.3) is 0 Å². The Bertz CT molecular complexity index is 760. The van der Waals surface area contributed by atoms with Gasteiger partial charge in [0.1, 0.15) is 0 Å². The molecule has 2 aromatic rings. The lowest BCUT2D eigenvalue weighted by Gasteiger charge is -2.33. The van der Waals surface area contributed by atoms with Crippen LogP contribution in [0.3, 0.4) is 0 Å². The van der Waals surface area contributed by atoms with Crippen LogP contribution < -0.4 is 0 Å². The molecule has 0 aromatic heterocycles. The Kier molecular flexibility index (Phi) is 6.02. The Balaban J connectivity index is 1.57. The van der Waals surface area contributed by atoms with Crippen molar-refractivity contribution in [2.24, 2.45) is 0 Å². The number of carboxylic acids is 1. The van der Waals surface area contributed by atoms with Crippen molar-refractivity contribution in [3.8, 4) is 0 Å². The van der Waals surface area contributed by atoms with Gasteiger partial charge < -0.3 is 14.7 Å². The van der Waals surface area contributed by atoms with Crippen LogP contribution in [0.5, 0.6) is 0 Å². The van der Waals surface area contributed by atoms with Crippen molar-refractivity contribution in [1.29, 1.82) is 0 Å². The van der Waals surface area contributed by atoms with E-state index in [-0.39, 0.29) is 24.0 Å². The fourth-order valence-corrected chi connectivity index (χ4v) is 3.25. The number of morpholine rings is 1. The lowest BCUT2D eigenvalue weighted by atomic mass is 10.0. The Morgan fingerprint density at radius 3 is 2.58 bits per heavy atom. The number of aromatic carboxylic acids is 1. The highest BCUT2D eigenvalue weighted by Crippen LogP contribution is 2.16. The number of carboxylic acid groups (broad SMARTS) is 1. The number of carbonyl (C=O) groups is 2. The first kappa shape index (κ1) is 18.1. The Hall–Kier alpha value is -2.66. The summed E-state index contributed by atoms with van der Waals surface area (Å²) in [6, 6.07) is 16.9. The highest BCUT2D eigenvalue weighted by molar-refractivity contribution is 5.91. The molecule has 136 valence electrons. The van der Waals surface area contributed by atoms with Gasteiger partial charge in [0.25, 0.3) is 0 Å². The maximum atomic E-state index is 12.6. The largest absolute Gasteiger partial charge is 0.478 e. The third-order valence-corrected chi connectivity index (χ3v) is 4.68. The molecule has 26 heavy (non-hydrogen) atoms. The second-order valence-corrected chi connectivity index (χ2v) is 6.50. The maximum absolute atomic E-state index is 12.6. The topological polar surface area (TPSA) is 66.8 Å². The SMILES string of the molecule is O=C(O)c1ccccc1CC(=O)N1CCOC(CCc2ccccc2)C1. The fourth-order valence-electron chi connectivity index (χ4n) is 3.25. The maximum Gasteiger partial charge on any atom is 0.335 e. The summed E-state index contributed by atoms with van der Waals surface area (Å²) in [6.07, 6.45) is 1.89. The van der Waals surface area contributed by atoms with E-state index >= 15 is 0 Å². The van der Waals surface area contributed by atoms with Gasteiger partial charge in [-0.2, -0.15) is 0 Å². The third-order valence-electron chi connectivity index (χ3n) is 4.68. The number of hydrogen-bond acceptors (Lipinski definition) is 3. The summed E-state index contributed by atoms with van der Waals surface area (Å²) in [6.45, 7) is 1.63. The number of amides is 1. The zero-order chi connectivity index (χ0) is 18.4. The molecule has 1 fully saturated rings. The summed E-state index contributed by atoms with van der Waals surface area (Å²) >= 11 is 0. The molecule has 1 atom stereocenters. The molecule has 2 aromatic carbocycles. The summed E-state index contributed by atoms with van der Waals surface area (Å²) < 4.78 is 5.80. The monoisotopic (exact) mass is 353 g/mol. The third kappa shape index (κ3) is 4.70. The normalized spacial score (nSPS) is 17.1. The predicted molar refractivity (Wildman–Crippen MR) is 98.2 cm³/mol. The molecule has 1 unspecified atom stereocenters. The average Bonchev–Trinajstić information content (AvgIpc) is 2.67. The zero-order valence-corrected chi connectivity index (χ0v) is 14.6. The summed E-state index contributed by atoms with van der Waals surface area (Å²) in [7, 11) is 0. The summed E-state index contributed by atoms with van der Waals surface area (Å²) in [4.78, 5) is 25.7. The van der Waals surface area contributed by atoms with Crippen molar-refractivity contribution in [1.82, 2.24) is 4.90 Å². The molecular formula is C21H23NO4. The molecule has 1 heterocycles. The number of hydrogen-bond donors (Lipinski definition) is 1. The second kappa shape index (κ2) is 8.63. The van der Waals surface area contributed by atoms with Crippen molar-refractivity contribution in [3.05, 3.63) is 71.3 Å². The molecule has 3 rings (SSSR count). The number of rotatable bonds is 6. The van der Waals surface area contributed by atoms with Gasteiger partial charge in [-0.05, 0) is 30.0 Å². The first-order valence-corrected chi connectivity index (χ1v) is 8.88. The van der Waals surface area contributed by atoms with Crippen LogP contribution in [-0.4, -0.2) is 47.7 Å². The van der Waals surface area contributed by atoms with Gasteiger partial charge in [0.15, 0.2) is 0 Å². The molecule has 5 heteroatoms. The molecular weight excluding hydrogens is 330 g/mol. The van der Waals surface area contributed by atoms with Crippen LogP contribution in [0.4, 0.5) is 0 Å². The quantitative estimate of drug-likeness (QED) is 0.867. The Labute approximate surface area is 153 Å². The fraction of sp³-hybridized carbons (Fsp3) is 0.333. The van der Waals surface area contributed by atoms with Crippen molar-refractivity contribution in [3.63, 3.8) is 0 Å². The number of aryl methyl sites for hydroxylation is 1. The Morgan fingerprint density at radius 1 is 1.08 bits per heavy atom. The van der Waals surface area contributed by atoms with Gasteiger partial charge >= 0.3 is 5.97 Å². The van der Waals surface area contributed by atoms with Crippen molar-refractivity contribution < 1.29 is 19.4 Å². The smallest absolute Gasteiger partial charge is 0.335 e. The van der Waals surface area contributed by atoms with Gasteiger partial charge in [0, 0.05) is 13.1 Å². The summed E-state index contributed by atoms with van der Waals surface area (Å²) in [5.41, 5.74) is 2.00. The minimum Gasteiger partial charge on any atom is -0.478 e. The number of ether oxygens (including phenoxy) is 1. The van der Waals surface area contributed by atoms with Gasteiger partial charge in [-0.1, -0.05) is 48.5 Å². The molecule has 0 saturated carbocycles. The summed E-state index contributed by atoms with van der Waals surface area (Å²) in [5, 5.41) is 9.26. The first-order chi connectivity index (χ1) is 12.6. The van der Waals surface area contributed by atoms with Crippen LogP contribution in [0.15, 0.2) is 54.6 Å². The van der Waals surface area contributed by atoms with Gasteiger partial charge in [-0.15, -0.1) is 0 Å². The van der Waals surface area contributed by atoms with E-state index in [1.54, 1.807) is 23.1 Å². The van der Waals surface area contributed by atoms with Crippen molar-refractivity contribution in [2.75, 3.05) is 19.7 Å². The molecule has 1 amide bonds. The first-order valence-electron chi connectivity index (χ1n) is 8.88. The molecule has 1 saturated heterocycles. The van der Waals surface area contributed by atoms with Gasteiger partial charge in [-0.3, -0.25) is 4.79 Å². The predicted octanol–water partition coefficient (Wildman–Crippen LogP) is 2.79. The molecule has 0 aliphatic carbocycles. The van der Waals surface area contributed by atoms with Crippen LogP contribution in [0.1, 0.15) is 27.9 Å². The molecule has 5 nitrogen and oxygen atoms in total. The highest BCUT2D eigenvalue weighted by atomic mass is 16.5. The lowest BCUT2D eigenvalue weighted by molar-refractivity contribution is -0.138. The van der Waals surface area contributed by atoms with Gasteiger partial charge in [0.05, 0.1) is 24.7 Å². The van der Waals surface area contributed by atoms with E-state index in [9.17, 15) is 14.7 Å². The minimum atomic E-state index is -1.00. The molecule has 0 spiro atoms. The van der Waals surface area contributed by atoms with Crippen LogP contribution >= 0.6 is 0 Å². The molecule has 1 aliphatic heterocycles. The zero-order valence-electron chi connectivity index (χ0n) is 14.6. The van der Waals surface area contributed by atoms with E-state index in [0.29, 0.717) is 25.3 Å². The van der Waals surface area contributed by atoms with Crippen LogP contribution in [0, 0.1) is 0 Å². The number of carbonyl (C=O) groups excluding carboxylic acids is 1. The Morgan fingerprint density at radius 2 is 1.81 bits per heavy atom. The summed E-state index contributed by atoms with van der Waals surface area (Å²) in [5.74, 6) is -1.05. The van der Waals surface area contributed by atoms with Crippen LogP contribution in [0.2, 0.25) is 0 Å². The standard InChI is InChI=1S/C21H23NO4/c23-20(14-17-8-4-5-9-19(17)21(24)25)22-12-13-26-18(15-22)11-10-16-6-2-1-3-7-16/h1-9,18H,10-15H2,(H,24,25). The van der Waals surface area contributed by atoms with Crippen molar-refractivity contribution in [2.45, 2.75) is 25.4 Å². The second-order valence-electron chi connectivity index (χ2n) is 6.50. The number of nitrogens with zero attached hydrogens (tertiary/aromatic N) is 1. The highest BCUT2D eigenvalue weighted by Gasteiger charge is 2.25. The van der Waals surface area contributed by atoms with E-state index in [4.69, 9.17) is 4.74 Å². The molecule has 1 aliphatic rings. The van der Waals surface area contributed by atoms with Crippen LogP contribution in [-0.2, 0) is 22.4 Å². The minimum absolute atomic E-state index is 0.0163. The van der Waals surface area contributed by atoms with E-state index in [1.165, 1.54) is 11.6 Å². The van der Waals surface area contributed by atoms with E-state index in [0.717, 1.165) is 12.8 Å². The lowest BCUT2D eigenvalue weighted by Crippen LogP contribution is -2.46. The molecule has 0 bridgehead atoms.